The molecule has 2 unspecified atom stereocenters. The van der Waals surface area contributed by atoms with Crippen LogP contribution in [-0.4, -0.2) is 57.6 Å². The zero-order valence-electron chi connectivity index (χ0n) is 8.28. The summed E-state index contributed by atoms with van der Waals surface area (Å²) in [5, 5.41) is 18.0. The number of aliphatic hydroxyl groups is 1. The van der Waals surface area contributed by atoms with Crippen LogP contribution in [-0.2, 0) is 4.79 Å². The maximum absolute atomic E-state index is 11.8. The van der Waals surface area contributed by atoms with Gasteiger partial charge < -0.3 is 10.2 Å². The standard InChI is InChI=1S/C8H12F3NO3S/c9-8(10,11)16-2-1-12-4-5(13)3-6(12)7(14)15/h5-6,13H,1-4H2,(H,14,15). The van der Waals surface area contributed by atoms with Crippen molar-refractivity contribution in [2.75, 3.05) is 18.8 Å². The molecule has 4 nitrogen and oxygen atoms in total. The van der Waals surface area contributed by atoms with Crippen molar-refractivity contribution >= 4 is 17.7 Å². The minimum Gasteiger partial charge on any atom is -0.480 e. The predicted octanol–water partition coefficient (Wildman–Crippen LogP) is 0.759. The minimum absolute atomic E-state index is 0.0121. The van der Waals surface area contributed by atoms with Crippen molar-refractivity contribution in [1.82, 2.24) is 4.90 Å². The van der Waals surface area contributed by atoms with Gasteiger partial charge in [0.05, 0.1) is 6.10 Å². The summed E-state index contributed by atoms with van der Waals surface area (Å²) >= 11 is -0.181. The number of β-amino-alcohol motifs (C(OH)–C–C–N with tert-alkyl or cyclic N) is 1. The third-order valence-corrected chi connectivity index (χ3v) is 3.02. The Morgan fingerprint density at radius 2 is 2.12 bits per heavy atom. The molecule has 1 saturated heterocycles. The molecule has 0 bridgehead atoms. The molecular weight excluding hydrogens is 247 g/mol. The Hall–Kier alpha value is -0.470. The van der Waals surface area contributed by atoms with E-state index < -0.39 is 23.6 Å². The summed E-state index contributed by atoms with van der Waals surface area (Å²) in [6.45, 7) is 0.133. The van der Waals surface area contributed by atoms with Crippen molar-refractivity contribution < 1.29 is 28.2 Å². The first-order chi connectivity index (χ1) is 7.29. The Morgan fingerprint density at radius 1 is 1.50 bits per heavy atom. The monoisotopic (exact) mass is 259 g/mol. The van der Waals surface area contributed by atoms with Crippen LogP contribution in [0.5, 0.6) is 0 Å². The number of carbonyl (C=O) groups is 1. The van der Waals surface area contributed by atoms with Crippen LogP contribution >= 0.6 is 11.8 Å². The van der Waals surface area contributed by atoms with E-state index in [1.165, 1.54) is 4.90 Å². The van der Waals surface area contributed by atoms with Gasteiger partial charge in [-0.05, 0) is 11.8 Å². The summed E-state index contributed by atoms with van der Waals surface area (Å²) in [6.07, 6.45) is -0.691. The number of carboxylic acids is 1. The number of hydrogen-bond acceptors (Lipinski definition) is 4. The molecule has 2 atom stereocenters. The lowest BCUT2D eigenvalue weighted by Crippen LogP contribution is -2.37. The van der Waals surface area contributed by atoms with E-state index in [1.807, 2.05) is 0 Å². The van der Waals surface area contributed by atoms with Gasteiger partial charge in [0.25, 0.3) is 0 Å². The first kappa shape index (κ1) is 13.6. The minimum atomic E-state index is -4.29. The van der Waals surface area contributed by atoms with E-state index in [4.69, 9.17) is 5.11 Å². The molecule has 8 heteroatoms. The number of likely N-dealkylation sites (tertiary alicyclic amines) is 1. The number of hydrogen-bond donors (Lipinski definition) is 2. The van der Waals surface area contributed by atoms with Crippen molar-refractivity contribution in [2.24, 2.45) is 0 Å². The van der Waals surface area contributed by atoms with Crippen LogP contribution in [0.25, 0.3) is 0 Å². The highest BCUT2D eigenvalue weighted by atomic mass is 32.2. The number of nitrogens with zero attached hydrogens (tertiary/aromatic N) is 1. The molecule has 1 aliphatic heterocycles. The van der Waals surface area contributed by atoms with E-state index in [0.717, 1.165) is 0 Å². The summed E-state index contributed by atoms with van der Waals surface area (Å²) in [6, 6.07) is -0.871. The van der Waals surface area contributed by atoms with Crippen LogP contribution in [0.2, 0.25) is 0 Å². The van der Waals surface area contributed by atoms with E-state index >= 15 is 0 Å². The second kappa shape index (κ2) is 5.24. The van der Waals surface area contributed by atoms with E-state index in [9.17, 15) is 23.1 Å². The van der Waals surface area contributed by atoms with Crippen LogP contribution < -0.4 is 0 Å². The second-order valence-corrected chi connectivity index (χ2v) is 4.69. The van der Waals surface area contributed by atoms with Gasteiger partial charge in [-0.15, -0.1) is 0 Å². The molecule has 2 N–H and O–H groups in total. The molecule has 0 saturated carbocycles. The average Bonchev–Trinajstić information content (AvgIpc) is 2.44. The lowest BCUT2D eigenvalue weighted by Gasteiger charge is -2.20. The van der Waals surface area contributed by atoms with Crippen LogP contribution in [0.1, 0.15) is 6.42 Å². The molecule has 0 amide bonds. The highest BCUT2D eigenvalue weighted by Crippen LogP contribution is 2.30. The van der Waals surface area contributed by atoms with E-state index in [1.54, 1.807) is 0 Å². The normalized spacial score (nSPS) is 27.2. The van der Waals surface area contributed by atoms with Crippen LogP contribution in [0.15, 0.2) is 0 Å². The number of aliphatic carboxylic acids is 1. The first-order valence-electron chi connectivity index (χ1n) is 4.65. The molecule has 0 aromatic carbocycles. The SMILES string of the molecule is O=C(O)C1CC(O)CN1CCSC(F)(F)F. The fourth-order valence-corrected chi connectivity index (χ4v) is 2.22. The Labute approximate surface area is 94.4 Å². The molecule has 16 heavy (non-hydrogen) atoms. The Bertz CT molecular complexity index is 261. The van der Waals surface area contributed by atoms with Crippen molar-refractivity contribution in [1.29, 1.82) is 0 Å². The molecule has 0 spiro atoms. The van der Waals surface area contributed by atoms with Gasteiger partial charge in [-0.3, -0.25) is 9.69 Å². The summed E-state index contributed by atoms with van der Waals surface area (Å²) in [5.41, 5.74) is -4.29. The molecule has 1 rings (SSSR count). The van der Waals surface area contributed by atoms with Gasteiger partial charge in [-0.25, -0.2) is 0 Å². The summed E-state index contributed by atoms with van der Waals surface area (Å²) in [5.74, 6) is -1.33. The van der Waals surface area contributed by atoms with Gasteiger partial charge in [0.2, 0.25) is 0 Å². The summed E-state index contributed by atoms with van der Waals surface area (Å²) in [7, 11) is 0. The molecular formula is C8H12F3NO3S. The smallest absolute Gasteiger partial charge is 0.441 e. The van der Waals surface area contributed by atoms with E-state index in [0.29, 0.717) is 0 Å². The van der Waals surface area contributed by atoms with Gasteiger partial charge in [0, 0.05) is 25.3 Å². The van der Waals surface area contributed by atoms with Crippen LogP contribution in [0, 0.1) is 0 Å². The highest BCUT2D eigenvalue weighted by Gasteiger charge is 2.36. The van der Waals surface area contributed by atoms with Gasteiger partial charge in [-0.1, -0.05) is 0 Å². The van der Waals surface area contributed by atoms with Gasteiger partial charge in [0.1, 0.15) is 6.04 Å². The Morgan fingerprint density at radius 3 is 2.62 bits per heavy atom. The van der Waals surface area contributed by atoms with Crippen molar-refractivity contribution in [3.8, 4) is 0 Å². The number of thioether (sulfide) groups is 1. The van der Waals surface area contributed by atoms with Crippen molar-refractivity contribution in [2.45, 2.75) is 24.1 Å². The fraction of sp³-hybridized carbons (Fsp3) is 0.875. The highest BCUT2D eigenvalue weighted by molar-refractivity contribution is 8.00. The molecule has 0 radical (unpaired) electrons. The topological polar surface area (TPSA) is 60.8 Å². The zero-order valence-corrected chi connectivity index (χ0v) is 9.09. The number of carboxylic acid groups (broad SMARTS) is 1. The molecule has 1 heterocycles. The number of halogens is 3. The lowest BCUT2D eigenvalue weighted by molar-refractivity contribution is -0.142. The molecule has 0 aliphatic carbocycles. The maximum atomic E-state index is 11.8. The molecule has 0 aromatic heterocycles. The summed E-state index contributed by atoms with van der Waals surface area (Å²) < 4.78 is 35.5. The fourth-order valence-electron chi connectivity index (χ4n) is 1.66. The third-order valence-electron chi connectivity index (χ3n) is 2.31. The molecule has 94 valence electrons. The lowest BCUT2D eigenvalue weighted by atomic mass is 10.2. The molecule has 1 aliphatic rings. The predicted molar refractivity (Wildman–Crippen MR) is 52.1 cm³/mol. The maximum Gasteiger partial charge on any atom is 0.441 e. The number of rotatable bonds is 4. The Balaban J connectivity index is 2.38. The number of alkyl halides is 3. The molecule has 1 fully saturated rings. The Kier molecular flexibility index (Phi) is 4.45. The zero-order chi connectivity index (χ0) is 12.3. The van der Waals surface area contributed by atoms with Gasteiger partial charge >= 0.3 is 11.5 Å². The van der Waals surface area contributed by atoms with Crippen LogP contribution in [0.3, 0.4) is 0 Å². The summed E-state index contributed by atoms with van der Waals surface area (Å²) in [4.78, 5) is 12.1. The van der Waals surface area contributed by atoms with Gasteiger partial charge in [-0.2, -0.15) is 13.2 Å². The van der Waals surface area contributed by atoms with Gasteiger partial charge in [0.15, 0.2) is 0 Å². The molecule has 0 aromatic rings. The van der Waals surface area contributed by atoms with E-state index in [2.05, 4.69) is 0 Å². The average molecular weight is 259 g/mol. The number of aliphatic hydroxyl groups excluding tert-OH is 1. The third kappa shape index (κ3) is 4.18. The quantitative estimate of drug-likeness (QED) is 0.780. The largest absolute Gasteiger partial charge is 0.480 e. The van der Waals surface area contributed by atoms with Crippen LogP contribution in [0.4, 0.5) is 13.2 Å². The van der Waals surface area contributed by atoms with Crippen molar-refractivity contribution in [3.63, 3.8) is 0 Å². The first-order valence-corrected chi connectivity index (χ1v) is 5.64. The second-order valence-electron chi connectivity index (χ2n) is 3.53. The van der Waals surface area contributed by atoms with E-state index in [-0.39, 0.29) is 37.0 Å². The van der Waals surface area contributed by atoms with Crippen molar-refractivity contribution in [3.05, 3.63) is 0 Å².